The fourth-order valence-electron chi connectivity index (χ4n) is 1.01. The molecule has 0 bridgehead atoms. The molecular formula is C8H9Br2N3O. The van der Waals surface area contributed by atoms with Gasteiger partial charge >= 0.3 is 0 Å². The number of halogens is 2. The number of carbonyl (C=O) groups is 1. The van der Waals surface area contributed by atoms with Gasteiger partial charge in [0.25, 0.3) is 0 Å². The number of hydrogen-bond acceptors (Lipinski definition) is 3. The highest BCUT2D eigenvalue weighted by atomic mass is 79.9. The van der Waals surface area contributed by atoms with E-state index in [1.54, 1.807) is 6.20 Å². The van der Waals surface area contributed by atoms with Gasteiger partial charge in [-0.1, -0.05) is 0 Å². The molecule has 1 rings (SSSR count). The van der Waals surface area contributed by atoms with Crippen LogP contribution in [-0.2, 0) is 4.79 Å². The average Bonchev–Trinajstić information content (AvgIpc) is 2.01. The van der Waals surface area contributed by atoms with Crippen LogP contribution < -0.4 is 11.5 Å². The van der Waals surface area contributed by atoms with E-state index in [4.69, 9.17) is 11.5 Å². The first kappa shape index (κ1) is 11.6. The number of nitrogens with zero attached hydrogens (tertiary/aromatic N) is 1. The maximum Gasteiger partial charge on any atom is 0.219 e. The topological polar surface area (TPSA) is 82.0 Å². The van der Waals surface area contributed by atoms with Crippen molar-refractivity contribution in [3.8, 4) is 0 Å². The Kier molecular flexibility index (Phi) is 4.03. The molecule has 1 aromatic heterocycles. The Morgan fingerprint density at radius 1 is 1.57 bits per heavy atom. The highest BCUT2D eigenvalue weighted by Crippen LogP contribution is 2.24. The second-order valence-electron chi connectivity index (χ2n) is 2.80. The van der Waals surface area contributed by atoms with Gasteiger partial charge in [0.15, 0.2) is 0 Å². The van der Waals surface area contributed by atoms with Crippen molar-refractivity contribution < 1.29 is 4.79 Å². The number of aromatic nitrogens is 1. The van der Waals surface area contributed by atoms with Crippen LogP contribution in [0.3, 0.4) is 0 Å². The molecule has 0 unspecified atom stereocenters. The monoisotopic (exact) mass is 321 g/mol. The molecule has 0 saturated heterocycles. The maximum absolute atomic E-state index is 10.7. The van der Waals surface area contributed by atoms with E-state index in [1.807, 2.05) is 6.07 Å². The summed E-state index contributed by atoms with van der Waals surface area (Å²) >= 11 is 6.58. The van der Waals surface area contributed by atoms with Crippen LogP contribution >= 0.6 is 31.9 Å². The highest BCUT2D eigenvalue weighted by Gasteiger charge is 2.13. The third kappa shape index (κ3) is 3.04. The second kappa shape index (κ2) is 4.86. The Bertz CT molecular complexity index is 356. The fourth-order valence-corrected chi connectivity index (χ4v) is 2.29. The number of amides is 1. The van der Waals surface area contributed by atoms with Gasteiger partial charge in [-0.2, -0.15) is 0 Å². The smallest absolute Gasteiger partial charge is 0.219 e. The summed E-state index contributed by atoms with van der Waals surface area (Å²) in [5.74, 6) is -0.436. The largest absolute Gasteiger partial charge is 0.370 e. The number of carbonyl (C=O) groups excluding carboxylic acids is 1. The molecule has 4 N–H and O–H groups in total. The molecule has 0 spiro atoms. The third-order valence-corrected chi connectivity index (χ3v) is 2.68. The zero-order valence-electron chi connectivity index (χ0n) is 7.21. The Hall–Kier alpha value is -0.460. The molecule has 0 saturated carbocycles. The molecule has 1 atom stereocenters. The van der Waals surface area contributed by atoms with Gasteiger partial charge in [-0.15, -0.1) is 0 Å². The van der Waals surface area contributed by atoms with E-state index < -0.39 is 11.9 Å². The van der Waals surface area contributed by atoms with Gasteiger partial charge in [0.05, 0.1) is 11.7 Å². The van der Waals surface area contributed by atoms with Crippen LogP contribution in [0.1, 0.15) is 18.2 Å². The Balaban J connectivity index is 2.90. The van der Waals surface area contributed by atoms with Crippen LogP contribution in [0.2, 0.25) is 0 Å². The summed E-state index contributed by atoms with van der Waals surface area (Å²) in [6.45, 7) is 0. The lowest BCUT2D eigenvalue weighted by Crippen LogP contribution is -2.21. The van der Waals surface area contributed by atoms with Crippen molar-refractivity contribution in [3.05, 3.63) is 26.9 Å². The molecule has 0 fully saturated rings. The van der Waals surface area contributed by atoms with Gasteiger partial charge in [0.1, 0.15) is 0 Å². The van der Waals surface area contributed by atoms with E-state index >= 15 is 0 Å². The molecule has 1 aromatic rings. The van der Waals surface area contributed by atoms with Crippen molar-refractivity contribution in [2.45, 2.75) is 12.5 Å². The SMILES string of the molecule is NC(=O)C[C@H](N)c1ncc(Br)cc1Br. The van der Waals surface area contributed by atoms with Gasteiger partial charge in [0, 0.05) is 21.6 Å². The first-order valence-electron chi connectivity index (χ1n) is 3.85. The van der Waals surface area contributed by atoms with Gasteiger partial charge in [0.2, 0.25) is 5.91 Å². The predicted octanol–water partition coefficient (Wildman–Crippen LogP) is 1.48. The number of primary amides is 1. The highest BCUT2D eigenvalue weighted by molar-refractivity contribution is 9.11. The molecule has 0 radical (unpaired) electrons. The summed E-state index contributed by atoms with van der Waals surface area (Å²) in [6, 6.07) is 1.36. The average molecular weight is 323 g/mol. The minimum Gasteiger partial charge on any atom is -0.370 e. The first-order chi connectivity index (χ1) is 6.50. The van der Waals surface area contributed by atoms with Crippen molar-refractivity contribution >= 4 is 37.8 Å². The summed E-state index contributed by atoms with van der Waals surface area (Å²) in [7, 11) is 0. The molecule has 1 amide bonds. The van der Waals surface area contributed by atoms with Crippen LogP contribution in [0.4, 0.5) is 0 Å². The number of hydrogen-bond donors (Lipinski definition) is 2. The van der Waals surface area contributed by atoms with Crippen molar-refractivity contribution in [1.82, 2.24) is 4.98 Å². The van der Waals surface area contributed by atoms with Crippen LogP contribution in [0.25, 0.3) is 0 Å². The summed E-state index contributed by atoms with van der Waals surface area (Å²) in [5, 5.41) is 0. The van der Waals surface area contributed by atoms with Crippen molar-refractivity contribution in [2.24, 2.45) is 11.5 Å². The second-order valence-corrected chi connectivity index (χ2v) is 4.57. The van der Waals surface area contributed by atoms with E-state index in [0.29, 0.717) is 5.69 Å². The van der Waals surface area contributed by atoms with E-state index in [-0.39, 0.29) is 6.42 Å². The van der Waals surface area contributed by atoms with Crippen LogP contribution in [0, 0.1) is 0 Å². The molecule has 1 heterocycles. The Morgan fingerprint density at radius 2 is 2.21 bits per heavy atom. The molecule has 0 aliphatic rings. The third-order valence-electron chi connectivity index (χ3n) is 1.61. The number of nitrogens with two attached hydrogens (primary N) is 2. The normalized spacial score (nSPS) is 12.5. The van der Waals surface area contributed by atoms with Gasteiger partial charge < -0.3 is 11.5 Å². The minimum atomic E-state index is -0.463. The zero-order valence-corrected chi connectivity index (χ0v) is 10.4. The van der Waals surface area contributed by atoms with Crippen molar-refractivity contribution in [3.63, 3.8) is 0 Å². The summed E-state index contributed by atoms with van der Waals surface area (Å²) in [6.07, 6.45) is 1.72. The Labute approximate surface area is 98.3 Å². The quantitative estimate of drug-likeness (QED) is 0.884. The molecule has 6 heteroatoms. The van der Waals surface area contributed by atoms with E-state index in [0.717, 1.165) is 8.95 Å². The molecule has 76 valence electrons. The fraction of sp³-hybridized carbons (Fsp3) is 0.250. The maximum atomic E-state index is 10.7. The molecule has 0 aromatic carbocycles. The van der Waals surface area contributed by atoms with E-state index in [2.05, 4.69) is 36.8 Å². The van der Waals surface area contributed by atoms with E-state index in [9.17, 15) is 4.79 Å². The van der Waals surface area contributed by atoms with Crippen LogP contribution in [-0.4, -0.2) is 10.9 Å². The minimum absolute atomic E-state index is 0.0905. The predicted molar refractivity (Wildman–Crippen MR) is 60.4 cm³/mol. The summed E-state index contributed by atoms with van der Waals surface area (Å²) < 4.78 is 1.61. The lowest BCUT2D eigenvalue weighted by molar-refractivity contribution is -0.118. The number of rotatable bonds is 3. The van der Waals surface area contributed by atoms with Crippen molar-refractivity contribution in [1.29, 1.82) is 0 Å². The van der Waals surface area contributed by atoms with Gasteiger partial charge in [-0.05, 0) is 37.9 Å². The lowest BCUT2D eigenvalue weighted by atomic mass is 10.1. The standard InChI is InChI=1S/C8H9Br2N3O/c9-4-1-5(10)8(13-3-4)6(11)2-7(12)14/h1,3,6H,2,11H2,(H2,12,14)/t6-/m0/s1. The van der Waals surface area contributed by atoms with Gasteiger partial charge in [-0.3, -0.25) is 9.78 Å². The zero-order chi connectivity index (χ0) is 10.7. The molecule has 14 heavy (non-hydrogen) atoms. The molecule has 4 nitrogen and oxygen atoms in total. The van der Waals surface area contributed by atoms with Gasteiger partial charge in [-0.25, -0.2) is 0 Å². The van der Waals surface area contributed by atoms with Crippen LogP contribution in [0.15, 0.2) is 21.2 Å². The molecule has 0 aliphatic heterocycles. The summed E-state index contributed by atoms with van der Waals surface area (Å²) in [5.41, 5.74) is 11.4. The van der Waals surface area contributed by atoms with Crippen LogP contribution in [0.5, 0.6) is 0 Å². The summed E-state index contributed by atoms with van der Waals surface area (Å²) in [4.78, 5) is 14.8. The van der Waals surface area contributed by atoms with E-state index in [1.165, 1.54) is 0 Å². The number of pyridine rings is 1. The molecule has 0 aliphatic carbocycles. The van der Waals surface area contributed by atoms with Crippen molar-refractivity contribution in [2.75, 3.05) is 0 Å². The molecular weight excluding hydrogens is 314 g/mol. The first-order valence-corrected chi connectivity index (χ1v) is 5.44. The Morgan fingerprint density at radius 3 is 2.71 bits per heavy atom. The lowest BCUT2D eigenvalue weighted by Gasteiger charge is -2.10.